The van der Waals surface area contributed by atoms with Crippen molar-refractivity contribution in [2.75, 3.05) is 7.11 Å². The number of ketones is 2. The van der Waals surface area contributed by atoms with Crippen molar-refractivity contribution in [1.82, 2.24) is 0 Å². The molecule has 0 saturated carbocycles. The van der Waals surface area contributed by atoms with Gasteiger partial charge in [-0.2, -0.15) is 0 Å². The van der Waals surface area contributed by atoms with Crippen LogP contribution in [-0.2, 0) is 14.3 Å². The van der Waals surface area contributed by atoms with Crippen molar-refractivity contribution in [3.63, 3.8) is 0 Å². The molecule has 2 rings (SSSR count). The first-order valence-corrected chi connectivity index (χ1v) is 10.4. The lowest BCUT2D eigenvalue weighted by Gasteiger charge is -2.37. The van der Waals surface area contributed by atoms with E-state index in [2.05, 4.69) is 13.8 Å². The number of hydrogen-bond acceptors (Lipinski definition) is 4. The SMILES string of the molecule is CCC1=C(OC)C(CC)(CC)C(=O)C(C(=O)/C=C/c2ccc(C(C)C)cc2)=C1O. The van der Waals surface area contributed by atoms with Crippen LogP contribution >= 0.6 is 0 Å². The van der Waals surface area contributed by atoms with Crippen molar-refractivity contribution >= 4 is 17.6 Å². The van der Waals surface area contributed by atoms with Gasteiger partial charge in [-0.15, -0.1) is 0 Å². The quantitative estimate of drug-likeness (QED) is 0.439. The Labute approximate surface area is 174 Å². The molecule has 1 N–H and O–H groups in total. The summed E-state index contributed by atoms with van der Waals surface area (Å²) < 4.78 is 5.56. The van der Waals surface area contributed by atoms with Gasteiger partial charge in [0.2, 0.25) is 0 Å². The van der Waals surface area contributed by atoms with Gasteiger partial charge in [0.25, 0.3) is 0 Å². The van der Waals surface area contributed by atoms with Gasteiger partial charge in [-0.1, -0.05) is 65.0 Å². The molecule has 0 radical (unpaired) electrons. The van der Waals surface area contributed by atoms with Gasteiger partial charge in [0, 0.05) is 5.57 Å². The Bertz CT molecular complexity index is 863. The maximum Gasteiger partial charge on any atom is 0.193 e. The number of Topliss-reactive ketones (excluding diaryl/α,β-unsaturated/α-hetero) is 1. The molecule has 1 aliphatic rings. The summed E-state index contributed by atoms with van der Waals surface area (Å²) in [6.07, 6.45) is 4.52. The van der Waals surface area contributed by atoms with E-state index in [0.717, 1.165) is 5.56 Å². The molecule has 1 aromatic carbocycles. The monoisotopic (exact) mass is 396 g/mol. The number of allylic oxidation sites excluding steroid dienone is 4. The second-order valence-electron chi connectivity index (χ2n) is 7.73. The minimum Gasteiger partial charge on any atom is -0.507 e. The molecule has 156 valence electrons. The number of hydrogen-bond donors (Lipinski definition) is 1. The van der Waals surface area contributed by atoms with Gasteiger partial charge in [0.1, 0.15) is 17.1 Å². The highest BCUT2D eigenvalue weighted by Gasteiger charge is 2.49. The van der Waals surface area contributed by atoms with Crippen molar-refractivity contribution < 1.29 is 19.4 Å². The van der Waals surface area contributed by atoms with Crippen LogP contribution in [-0.4, -0.2) is 23.8 Å². The van der Waals surface area contributed by atoms with Gasteiger partial charge in [0.05, 0.1) is 12.5 Å². The maximum atomic E-state index is 13.3. The van der Waals surface area contributed by atoms with Crippen molar-refractivity contribution in [3.8, 4) is 0 Å². The van der Waals surface area contributed by atoms with Crippen LogP contribution in [0.5, 0.6) is 0 Å². The van der Waals surface area contributed by atoms with Crippen LogP contribution in [0.2, 0.25) is 0 Å². The second kappa shape index (κ2) is 9.25. The molecule has 1 aromatic rings. The average molecular weight is 397 g/mol. The second-order valence-corrected chi connectivity index (χ2v) is 7.73. The third kappa shape index (κ3) is 4.07. The zero-order chi connectivity index (χ0) is 21.8. The Morgan fingerprint density at radius 1 is 1.14 bits per heavy atom. The van der Waals surface area contributed by atoms with Gasteiger partial charge in [-0.05, 0) is 42.4 Å². The first kappa shape index (κ1) is 22.7. The third-order valence-electron chi connectivity index (χ3n) is 5.93. The smallest absolute Gasteiger partial charge is 0.193 e. The van der Waals surface area contributed by atoms with Crippen molar-refractivity contribution in [2.45, 2.75) is 59.8 Å². The van der Waals surface area contributed by atoms with E-state index < -0.39 is 11.2 Å². The van der Waals surface area contributed by atoms with E-state index in [1.54, 1.807) is 6.08 Å². The summed E-state index contributed by atoms with van der Waals surface area (Å²) in [7, 11) is 1.51. The summed E-state index contributed by atoms with van der Waals surface area (Å²) in [5.74, 6) is -0.178. The molecule has 0 aromatic heterocycles. The fourth-order valence-corrected chi connectivity index (χ4v) is 4.01. The Kier molecular flexibility index (Phi) is 7.23. The number of ether oxygens (including phenoxy) is 1. The molecule has 0 spiro atoms. The minimum absolute atomic E-state index is 0.138. The fourth-order valence-electron chi connectivity index (χ4n) is 4.01. The number of aliphatic hydroxyl groups excluding tert-OH is 1. The molecule has 4 nitrogen and oxygen atoms in total. The third-order valence-corrected chi connectivity index (χ3v) is 5.93. The summed E-state index contributed by atoms with van der Waals surface area (Å²) in [5.41, 5.74) is 1.57. The fraction of sp³-hybridized carbons (Fsp3) is 0.440. The number of rotatable bonds is 8. The number of carbonyl (C=O) groups is 2. The predicted molar refractivity (Wildman–Crippen MR) is 117 cm³/mol. The average Bonchev–Trinajstić information content (AvgIpc) is 2.72. The number of methoxy groups -OCH3 is 1. The molecule has 4 heteroatoms. The van der Waals surface area contributed by atoms with E-state index in [0.29, 0.717) is 36.5 Å². The predicted octanol–water partition coefficient (Wildman–Crippen LogP) is 5.90. The molecule has 0 unspecified atom stereocenters. The lowest BCUT2D eigenvalue weighted by Crippen LogP contribution is -2.40. The molecule has 29 heavy (non-hydrogen) atoms. The molecule has 0 amide bonds. The Morgan fingerprint density at radius 3 is 2.17 bits per heavy atom. The molecule has 0 saturated heterocycles. The Hall–Kier alpha value is -2.62. The molecule has 1 aliphatic carbocycles. The van der Waals surface area contributed by atoms with Crippen molar-refractivity contribution in [3.05, 3.63) is 64.1 Å². The standard InChI is InChI=1S/C25H32O4/c1-7-19-22(27)21(23(28)25(8-2,9-3)24(19)29-6)20(26)15-12-17-10-13-18(14-11-17)16(4)5/h10-16,27H,7-9H2,1-6H3/b15-12+. The minimum atomic E-state index is -0.913. The first-order valence-electron chi connectivity index (χ1n) is 10.4. The summed E-state index contributed by atoms with van der Waals surface area (Å²) in [5, 5.41) is 10.8. The number of aliphatic hydroxyl groups is 1. The number of carbonyl (C=O) groups excluding carboxylic acids is 2. The van der Waals surface area contributed by atoms with Crippen LogP contribution in [0.15, 0.2) is 53.0 Å². The molecular weight excluding hydrogens is 364 g/mol. The van der Waals surface area contributed by atoms with Crippen LogP contribution in [0.4, 0.5) is 0 Å². The molecule has 0 fully saturated rings. The van der Waals surface area contributed by atoms with Gasteiger partial charge >= 0.3 is 0 Å². The van der Waals surface area contributed by atoms with E-state index >= 15 is 0 Å². The highest BCUT2D eigenvalue weighted by molar-refractivity contribution is 6.28. The van der Waals surface area contributed by atoms with E-state index in [1.165, 1.54) is 18.7 Å². The number of benzene rings is 1. The topological polar surface area (TPSA) is 63.6 Å². The maximum absolute atomic E-state index is 13.3. The lowest BCUT2D eigenvalue weighted by molar-refractivity contribution is -0.128. The molecule has 0 aliphatic heterocycles. The van der Waals surface area contributed by atoms with Crippen LogP contribution in [0.25, 0.3) is 6.08 Å². The Balaban J connectivity index is 2.46. The van der Waals surface area contributed by atoms with Gasteiger partial charge in [-0.3, -0.25) is 9.59 Å². The van der Waals surface area contributed by atoms with Gasteiger partial charge in [-0.25, -0.2) is 0 Å². The van der Waals surface area contributed by atoms with Crippen LogP contribution in [0.1, 0.15) is 70.9 Å². The summed E-state index contributed by atoms with van der Waals surface area (Å²) in [4.78, 5) is 26.3. The Morgan fingerprint density at radius 2 is 1.72 bits per heavy atom. The summed E-state index contributed by atoms with van der Waals surface area (Å²) >= 11 is 0. The zero-order valence-corrected chi connectivity index (χ0v) is 18.3. The van der Waals surface area contributed by atoms with Crippen LogP contribution in [0.3, 0.4) is 0 Å². The molecule has 0 heterocycles. The van der Waals surface area contributed by atoms with Crippen molar-refractivity contribution in [2.24, 2.45) is 5.41 Å². The normalized spacial score (nSPS) is 16.9. The van der Waals surface area contributed by atoms with Crippen molar-refractivity contribution in [1.29, 1.82) is 0 Å². The van der Waals surface area contributed by atoms with Gasteiger partial charge in [0.15, 0.2) is 11.6 Å². The van der Waals surface area contributed by atoms with Gasteiger partial charge < -0.3 is 9.84 Å². The lowest BCUT2D eigenvalue weighted by atomic mass is 9.68. The molecule has 0 atom stereocenters. The van der Waals surface area contributed by atoms with E-state index in [-0.39, 0.29) is 17.1 Å². The highest BCUT2D eigenvalue weighted by atomic mass is 16.5. The van der Waals surface area contributed by atoms with E-state index in [9.17, 15) is 14.7 Å². The zero-order valence-electron chi connectivity index (χ0n) is 18.3. The largest absolute Gasteiger partial charge is 0.507 e. The van der Waals surface area contributed by atoms with Crippen LogP contribution in [0, 0.1) is 5.41 Å². The summed E-state index contributed by atoms with van der Waals surface area (Å²) in [6, 6.07) is 7.94. The molecular formula is C25H32O4. The molecule has 0 bridgehead atoms. The van der Waals surface area contributed by atoms with E-state index in [1.807, 2.05) is 45.0 Å². The summed E-state index contributed by atoms with van der Waals surface area (Å²) in [6.45, 7) is 9.94. The van der Waals surface area contributed by atoms with Crippen LogP contribution < -0.4 is 0 Å². The highest BCUT2D eigenvalue weighted by Crippen LogP contribution is 2.46. The first-order chi connectivity index (χ1) is 13.8. The van der Waals surface area contributed by atoms with E-state index in [4.69, 9.17) is 4.74 Å².